The number of hydrogen-bond donors (Lipinski definition) is 2. The normalized spacial score (nSPS) is 22.3. The van der Waals surface area contributed by atoms with Crippen molar-refractivity contribution in [3.8, 4) is 0 Å². The molecule has 0 amide bonds. The second-order valence-corrected chi connectivity index (χ2v) is 8.52. The highest BCUT2D eigenvalue weighted by Crippen LogP contribution is 2.33. The lowest BCUT2D eigenvalue weighted by atomic mass is 9.88. The predicted molar refractivity (Wildman–Crippen MR) is 135 cm³/mol. The van der Waals surface area contributed by atoms with E-state index in [1.165, 1.54) is 20.2 Å². The molecule has 0 aromatic rings. The minimum Gasteiger partial charge on any atom is -0.498 e. The van der Waals surface area contributed by atoms with Crippen LogP contribution in [0.2, 0.25) is 0 Å². The molecule has 0 aromatic heterocycles. The number of aliphatic hydroxyl groups is 1. The van der Waals surface area contributed by atoms with Gasteiger partial charge in [0.25, 0.3) is 0 Å². The number of carbonyl (C=O) groups is 1. The van der Waals surface area contributed by atoms with E-state index in [4.69, 9.17) is 9.84 Å². The van der Waals surface area contributed by atoms with E-state index in [9.17, 15) is 19.5 Å². The number of rotatable bonds is 12. The summed E-state index contributed by atoms with van der Waals surface area (Å²) in [6, 6.07) is -0.156. The number of nitrogens with zero attached hydrogens (tertiary/aromatic N) is 4. The number of alkyl halides is 1. The van der Waals surface area contributed by atoms with Gasteiger partial charge in [0.05, 0.1) is 13.2 Å². The maximum atomic E-state index is 13.1. The number of ether oxygens (including phenoxy) is 1. The number of hydrazone groups is 1. The zero-order valence-corrected chi connectivity index (χ0v) is 20.8. The van der Waals surface area contributed by atoms with Crippen LogP contribution in [0, 0.1) is 5.92 Å². The van der Waals surface area contributed by atoms with Crippen molar-refractivity contribution in [3.63, 3.8) is 0 Å². The van der Waals surface area contributed by atoms with Gasteiger partial charge in [-0.3, -0.25) is 14.7 Å². The van der Waals surface area contributed by atoms with Gasteiger partial charge in [-0.1, -0.05) is 31.4 Å². The van der Waals surface area contributed by atoms with Crippen molar-refractivity contribution in [1.82, 2.24) is 15.0 Å². The van der Waals surface area contributed by atoms with Gasteiger partial charge in [-0.2, -0.15) is 10.2 Å². The van der Waals surface area contributed by atoms with Crippen LogP contribution in [0.4, 0.5) is 4.39 Å². The molecule has 2 aliphatic rings. The first kappa shape index (κ1) is 28.4. The molecule has 2 rings (SSSR count). The molecular formula is C26H37FN4O4. The number of likely N-dealkylation sites (tertiary alicyclic amines) is 1. The molecule has 2 heterocycles. The largest absolute Gasteiger partial charge is 0.498 e. The molecule has 1 saturated heterocycles. The van der Waals surface area contributed by atoms with Gasteiger partial charge >= 0.3 is 0 Å². The van der Waals surface area contributed by atoms with E-state index in [2.05, 4.69) is 13.2 Å². The molecule has 8 nitrogen and oxygen atoms in total. The topological polar surface area (TPSA) is 88.8 Å². The highest BCUT2D eigenvalue weighted by Gasteiger charge is 2.35. The average molecular weight is 489 g/mol. The first-order valence-electron chi connectivity index (χ1n) is 11.6. The SMILES string of the molecule is C=C/C(C=O)=C\C=C(/C)N1N=C(C2CCN(C(O)N(C)O)CC2)CC1/C(C=C)=C/C=C(\CF)OC. The third-order valence-electron chi connectivity index (χ3n) is 6.32. The summed E-state index contributed by atoms with van der Waals surface area (Å²) in [6.07, 6.45) is 12.1. The second-order valence-electron chi connectivity index (χ2n) is 8.52. The van der Waals surface area contributed by atoms with Gasteiger partial charge in [-0.15, -0.1) is 0 Å². The molecule has 192 valence electrons. The van der Waals surface area contributed by atoms with E-state index < -0.39 is 13.0 Å². The lowest BCUT2D eigenvalue weighted by Gasteiger charge is -2.36. The Balaban J connectivity index is 2.33. The summed E-state index contributed by atoms with van der Waals surface area (Å²) in [5.74, 6) is 0.436. The summed E-state index contributed by atoms with van der Waals surface area (Å²) in [4.78, 5) is 13.0. The van der Waals surface area contributed by atoms with Crippen LogP contribution < -0.4 is 0 Å². The zero-order chi connectivity index (χ0) is 26.0. The average Bonchev–Trinajstić information content (AvgIpc) is 3.32. The highest BCUT2D eigenvalue weighted by atomic mass is 19.1. The van der Waals surface area contributed by atoms with Gasteiger partial charge in [0.2, 0.25) is 0 Å². The van der Waals surface area contributed by atoms with E-state index in [1.807, 2.05) is 22.9 Å². The first-order valence-corrected chi connectivity index (χ1v) is 11.6. The maximum Gasteiger partial charge on any atom is 0.187 e. The number of hydroxylamine groups is 2. The number of aliphatic hydroxyl groups excluding tert-OH is 1. The van der Waals surface area contributed by atoms with E-state index in [0.717, 1.165) is 41.2 Å². The fraction of sp³-hybridized carbons (Fsp3) is 0.462. The van der Waals surface area contributed by atoms with Crippen molar-refractivity contribution in [1.29, 1.82) is 0 Å². The molecule has 0 spiro atoms. The van der Waals surface area contributed by atoms with Gasteiger partial charge in [0.15, 0.2) is 6.35 Å². The van der Waals surface area contributed by atoms with Crippen molar-refractivity contribution in [3.05, 3.63) is 72.2 Å². The number of allylic oxidation sites excluding steroid dienone is 8. The Labute approximate surface area is 207 Å². The first-order chi connectivity index (χ1) is 16.8. The van der Waals surface area contributed by atoms with Crippen molar-refractivity contribution >= 4 is 12.0 Å². The Bertz CT molecular complexity index is 898. The smallest absolute Gasteiger partial charge is 0.187 e. The van der Waals surface area contributed by atoms with E-state index in [-0.39, 0.29) is 17.7 Å². The third-order valence-corrected chi connectivity index (χ3v) is 6.32. The lowest BCUT2D eigenvalue weighted by molar-refractivity contribution is -0.239. The van der Waals surface area contributed by atoms with E-state index in [0.29, 0.717) is 25.1 Å². The summed E-state index contributed by atoms with van der Waals surface area (Å²) in [6.45, 7) is 10.0. The van der Waals surface area contributed by atoms with Crippen molar-refractivity contribution in [2.24, 2.45) is 11.0 Å². The molecule has 2 N–H and O–H groups in total. The van der Waals surface area contributed by atoms with Crippen LogP contribution in [0.15, 0.2) is 77.3 Å². The second kappa shape index (κ2) is 13.9. The fourth-order valence-corrected chi connectivity index (χ4v) is 4.19. The van der Waals surface area contributed by atoms with Gasteiger partial charge in [0, 0.05) is 49.5 Å². The van der Waals surface area contributed by atoms with Gasteiger partial charge in [-0.25, -0.2) is 4.39 Å². The van der Waals surface area contributed by atoms with Crippen molar-refractivity contribution in [2.75, 3.05) is 33.9 Å². The standard InChI is InChI=1S/C26H37FN4O4/c1-6-20(18-32)9-8-19(3)31-25(21(7-2)10-11-23(17-27)35-5)16-24(28-31)22-12-14-30(15-13-22)26(33)29(4)34/h6-11,18,22,25-26,33-34H,1-2,12-17H2,3-5H3/b19-8+,20-9+,21-10+,23-11+. The monoisotopic (exact) mass is 488 g/mol. The molecule has 0 aliphatic carbocycles. The summed E-state index contributed by atoms with van der Waals surface area (Å²) < 4.78 is 18.1. The fourth-order valence-electron chi connectivity index (χ4n) is 4.19. The summed E-state index contributed by atoms with van der Waals surface area (Å²) in [5, 5.41) is 27.3. The Hall–Kier alpha value is -2.85. The summed E-state index contributed by atoms with van der Waals surface area (Å²) in [5.41, 5.74) is 3.18. The number of halogens is 1. The molecule has 0 bridgehead atoms. The minimum atomic E-state index is -1.04. The van der Waals surface area contributed by atoms with E-state index >= 15 is 0 Å². The van der Waals surface area contributed by atoms with Crippen LogP contribution in [0.25, 0.3) is 0 Å². The zero-order valence-electron chi connectivity index (χ0n) is 20.8. The summed E-state index contributed by atoms with van der Waals surface area (Å²) >= 11 is 0. The van der Waals surface area contributed by atoms with Crippen LogP contribution in [0.3, 0.4) is 0 Å². The maximum absolute atomic E-state index is 13.1. The van der Waals surface area contributed by atoms with E-state index in [1.54, 1.807) is 24.3 Å². The van der Waals surface area contributed by atoms with Crippen LogP contribution >= 0.6 is 0 Å². The number of methoxy groups -OCH3 is 1. The van der Waals surface area contributed by atoms with Gasteiger partial charge in [-0.05, 0) is 43.6 Å². The van der Waals surface area contributed by atoms with Crippen LogP contribution in [0.1, 0.15) is 26.2 Å². The molecule has 2 unspecified atom stereocenters. The molecule has 2 aliphatic heterocycles. The van der Waals surface area contributed by atoms with Crippen LogP contribution in [0.5, 0.6) is 0 Å². The minimum absolute atomic E-state index is 0.156. The molecule has 0 aromatic carbocycles. The summed E-state index contributed by atoms with van der Waals surface area (Å²) in [7, 11) is 2.85. The Kier molecular flexibility index (Phi) is 11.3. The molecule has 0 radical (unpaired) electrons. The number of aldehydes is 1. The van der Waals surface area contributed by atoms with Gasteiger partial charge in [0.1, 0.15) is 18.7 Å². The number of hydrogen-bond acceptors (Lipinski definition) is 8. The predicted octanol–water partition coefficient (Wildman–Crippen LogP) is 3.55. The Morgan fingerprint density at radius 1 is 1.26 bits per heavy atom. The molecule has 9 heteroatoms. The molecule has 0 saturated carbocycles. The van der Waals surface area contributed by atoms with Crippen LogP contribution in [-0.4, -0.2) is 83.6 Å². The third kappa shape index (κ3) is 7.57. The lowest BCUT2D eigenvalue weighted by Crippen LogP contribution is -2.49. The van der Waals surface area contributed by atoms with Crippen LogP contribution in [-0.2, 0) is 9.53 Å². The highest BCUT2D eigenvalue weighted by molar-refractivity contribution is 5.89. The quantitative estimate of drug-likeness (QED) is 0.108. The molecule has 2 atom stereocenters. The molecule has 1 fully saturated rings. The Morgan fingerprint density at radius 2 is 1.94 bits per heavy atom. The number of carbonyl (C=O) groups excluding carboxylic acids is 1. The van der Waals surface area contributed by atoms with Crippen molar-refractivity contribution < 1.29 is 24.2 Å². The number of piperidine rings is 1. The Morgan fingerprint density at radius 3 is 2.46 bits per heavy atom. The van der Waals surface area contributed by atoms with Crippen molar-refractivity contribution in [2.45, 2.75) is 38.6 Å². The van der Waals surface area contributed by atoms with Gasteiger partial charge < -0.3 is 15.1 Å². The molecular weight excluding hydrogens is 451 g/mol. The molecule has 35 heavy (non-hydrogen) atoms.